The maximum Gasteiger partial charge on any atom is 0.0588 e. The van der Waals surface area contributed by atoms with Gasteiger partial charge in [-0.3, -0.25) is 4.98 Å². The van der Waals surface area contributed by atoms with E-state index in [2.05, 4.69) is 22.4 Å². The van der Waals surface area contributed by atoms with Gasteiger partial charge in [0.1, 0.15) is 0 Å². The van der Waals surface area contributed by atoms with Crippen LogP contribution in [0.25, 0.3) is 0 Å². The van der Waals surface area contributed by atoms with Crippen LogP contribution in [0.15, 0.2) is 18.2 Å². The van der Waals surface area contributed by atoms with Gasteiger partial charge in [0.15, 0.2) is 0 Å². The Labute approximate surface area is 97.2 Å². The molecule has 0 aromatic carbocycles. The summed E-state index contributed by atoms with van der Waals surface area (Å²) in [6.07, 6.45) is 4.05. The zero-order valence-corrected chi connectivity index (χ0v) is 9.91. The van der Waals surface area contributed by atoms with Crippen molar-refractivity contribution in [2.24, 2.45) is 0 Å². The molecule has 2 rings (SSSR count). The third kappa shape index (κ3) is 3.58. The predicted molar refractivity (Wildman–Crippen MR) is 64.3 cm³/mol. The Morgan fingerprint density at radius 2 is 2.44 bits per heavy atom. The second-order valence-corrected chi connectivity index (χ2v) is 4.37. The number of hydrogen-bond acceptors (Lipinski definition) is 3. The maximum absolute atomic E-state index is 5.57. The third-order valence-corrected chi connectivity index (χ3v) is 2.92. The van der Waals surface area contributed by atoms with Gasteiger partial charge in [-0.1, -0.05) is 6.07 Å². The largest absolute Gasteiger partial charge is 0.378 e. The Kier molecular flexibility index (Phi) is 4.31. The van der Waals surface area contributed by atoms with Crippen LogP contribution in [-0.4, -0.2) is 24.2 Å². The van der Waals surface area contributed by atoms with Gasteiger partial charge in [0.25, 0.3) is 0 Å². The van der Waals surface area contributed by atoms with Gasteiger partial charge in [-0.25, -0.2) is 0 Å². The summed E-state index contributed by atoms with van der Waals surface area (Å²) < 4.78 is 5.57. The van der Waals surface area contributed by atoms with Crippen LogP contribution in [0.1, 0.15) is 30.7 Å². The Morgan fingerprint density at radius 1 is 1.50 bits per heavy atom. The highest BCUT2D eigenvalue weighted by atomic mass is 16.5. The highest BCUT2D eigenvalue weighted by Gasteiger charge is 2.14. The summed E-state index contributed by atoms with van der Waals surface area (Å²) in [6.45, 7) is 4.84. The van der Waals surface area contributed by atoms with Crippen molar-refractivity contribution in [3.05, 3.63) is 29.6 Å². The number of nitrogens with one attached hydrogen (secondary N) is 1. The lowest BCUT2D eigenvalue weighted by Gasteiger charge is -2.09. The van der Waals surface area contributed by atoms with Crippen LogP contribution in [0.5, 0.6) is 0 Å². The predicted octanol–water partition coefficient (Wildman–Crippen LogP) is 2.05. The number of pyridine rings is 1. The second kappa shape index (κ2) is 5.97. The number of nitrogens with zero attached hydrogens (tertiary/aromatic N) is 1. The molecule has 1 fully saturated rings. The van der Waals surface area contributed by atoms with Gasteiger partial charge in [-0.15, -0.1) is 0 Å². The third-order valence-electron chi connectivity index (χ3n) is 2.92. The topological polar surface area (TPSA) is 34.1 Å². The summed E-state index contributed by atoms with van der Waals surface area (Å²) in [7, 11) is 0. The molecule has 1 unspecified atom stereocenters. The van der Waals surface area contributed by atoms with Crippen LogP contribution in [0, 0.1) is 6.92 Å². The monoisotopic (exact) mass is 220 g/mol. The normalized spacial score (nSPS) is 20.2. The van der Waals surface area contributed by atoms with E-state index in [9.17, 15) is 0 Å². The van der Waals surface area contributed by atoms with Gasteiger partial charge in [-0.2, -0.15) is 0 Å². The minimum Gasteiger partial charge on any atom is -0.378 e. The average molecular weight is 220 g/mol. The van der Waals surface area contributed by atoms with Crippen molar-refractivity contribution < 1.29 is 4.74 Å². The summed E-state index contributed by atoms with van der Waals surface area (Å²) in [5.41, 5.74) is 2.20. The summed E-state index contributed by atoms with van der Waals surface area (Å²) in [5, 5.41) is 3.41. The van der Waals surface area contributed by atoms with E-state index < -0.39 is 0 Å². The molecule has 88 valence electrons. The fourth-order valence-electron chi connectivity index (χ4n) is 2.05. The Hall–Kier alpha value is -0.930. The van der Waals surface area contributed by atoms with E-state index in [4.69, 9.17) is 4.74 Å². The lowest BCUT2D eigenvalue weighted by atomic mass is 10.2. The van der Waals surface area contributed by atoms with Crippen molar-refractivity contribution in [3.63, 3.8) is 0 Å². The molecule has 0 saturated carbocycles. The summed E-state index contributed by atoms with van der Waals surface area (Å²) in [5.74, 6) is 0. The van der Waals surface area contributed by atoms with Crippen molar-refractivity contribution in [3.8, 4) is 0 Å². The van der Waals surface area contributed by atoms with E-state index >= 15 is 0 Å². The molecule has 1 saturated heterocycles. The molecular formula is C13H20N2O. The highest BCUT2D eigenvalue weighted by Crippen LogP contribution is 2.14. The van der Waals surface area contributed by atoms with Gasteiger partial charge in [0.05, 0.1) is 11.8 Å². The van der Waals surface area contributed by atoms with E-state index in [0.29, 0.717) is 6.10 Å². The zero-order valence-electron chi connectivity index (χ0n) is 9.91. The highest BCUT2D eigenvalue weighted by molar-refractivity contribution is 5.09. The first kappa shape index (κ1) is 11.6. The van der Waals surface area contributed by atoms with Crippen molar-refractivity contribution in [2.45, 2.75) is 38.8 Å². The summed E-state index contributed by atoms with van der Waals surface area (Å²) in [4.78, 5) is 4.45. The molecule has 3 nitrogen and oxygen atoms in total. The van der Waals surface area contributed by atoms with Gasteiger partial charge in [0.2, 0.25) is 0 Å². The Balaban J connectivity index is 1.64. The first-order chi connectivity index (χ1) is 7.84. The fraction of sp³-hybridized carbons (Fsp3) is 0.615. The smallest absolute Gasteiger partial charge is 0.0588 e. The zero-order chi connectivity index (χ0) is 11.2. The van der Waals surface area contributed by atoms with E-state index in [-0.39, 0.29) is 0 Å². The molecule has 3 heteroatoms. The maximum atomic E-state index is 5.57. The number of ether oxygens (including phenoxy) is 1. The molecule has 0 spiro atoms. The van der Waals surface area contributed by atoms with Crippen LogP contribution in [0.2, 0.25) is 0 Å². The molecule has 1 aromatic rings. The minimum atomic E-state index is 0.484. The van der Waals surface area contributed by atoms with Crippen LogP contribution < -0.4 is 5.32 Å². The Bertz CT molecular complexity index is 321. The van der Waals surface area contributed by atoms with Gasteiger partial charge < -0.3 is 10.1 Å². The lowest BCUT2D eigenvalue weighted by molar-refractivity contribution is 0.104. The molecule has 16 heavy (non-hydrogen) atoms. The van der Waals surface area contributed by atoms with Gasteiger partial charge in [-0.05, 0) is 44.9 Å². The standard InChI is InChI=1S/C13H20N2O/c1-11-4-2-5-12(15-11)10-14-8-7-13-6-3-9-16-13/h2,4-5,13-14H,3,6-10H2,1H3. The van der Waals surface area contributed by atoms with E-state index in [1.165, 1.54) is 12.8 Å². The number of rotatable bonds is 5. The van der Waals surface area contributed by atoms with E-state index in [0.717, 1.165) is 37.5 Å². The molecule has 0 aliphatic carbocycles. The molecule has 1 N–H and O–H groups in total. The molecule has 2 heterocycles. The molecule has 1 aromatic heterocycles. The number of aromatic nitrogens is 1. The summed E-state index contributed by atoms with van der Waals surface area (Å²) >= 11 is 0. The van der Waals surface area contributed by atoms with Crippen LogP contribution >= 0.6 is 0 Å². The van der Waals surface area contributed by atoms with Gasteiger partial charge in [0, 0.05) is 18.8 Å². The molecule has 1 aliphatic rings. The first-order valence-electron chi connectivity index (χ1n) is 6.09. The molecule has 0 amide bonds. The second-order valence-electron chi connectivity index (χ2n) is 4.37. The quantitative estimate of drug-likeness (QED) is 0.771. The molecule has 1 aliphatic heterocycles. The van der Waals surface area contributed by atoms with Crippen molar-refractivity contribution in [1.82, 2.24) is 10.3 Å². The van der Waals surface area contributed by atoms with Gasteiger partial charge >= 0.3 is 0 Å². The fourth-order valence-corrected chi connectivity index (χ4v) is 2.05. The molecule has 1 atom stereocenters. The lowest BCUT2D eigenvalue weighted by Crippen LogP contribution is -2.20. The Morgan fingerprint density at radius 3 is 3.19 bits per heavy atom. The van der Waals surface area contributed by atoms with E-state index in [1.807, 2.05) is 13.0 Å². The first-order valence-corrected chi connectivity index (χ1v) is 6.09. The SMILES string of the molecule is Cc1cccc(CNCCC2CCCO2)n1. The number of aryl methyl sites for hydroxylation is 1. The van der Waals surface area contributed by atoms with Crippen molar-refractivity contribution >= 4 is 0 Å². The average Bonchev–Trinajstić information content (AvgIpc) is 2.77. The minimum absolute atomic E-state index is 0.484. The van der Waals surface area contributed by atoms with Crippen LogP contribution in [-0.2, 0) is 11.3 Å². The van der Waals surface area contributed by atoms with Crippen LogP contribution in [0.3, 0.4) is 0 Å². The molecular weight excluding hydrogens is 200 g/mol. The molecule has 0 bridgehead atoms. The van der Waals surface area contributed by atoms with E-state index in [1.54, 1.807) is 0 Å². The number of hydrogen-bond donors (Lipinski definition) is 1. The van der Waals surface area contributed by atoms with Crippen molar-refractivity contribution in [2.75, 3.05) is 13.2 Å². The van der Waals surface area contributed by atoms with Crippen LogP contribution in [0.4, 0.5) is 0 Å². The summed E-state index contributed by atoms with van der Waals surface area (Å²) in [6, 6.07) is 6.14. The molecule has 0 radical (unpaired) electrons. The van der Waals surface area contributed by atoms with Crippen molar-refractivity contribution in [1.29, 1.82) is 0 Å².